The summed E-state index contributed by atoms with van der Waals surface area (Å²) in [6.45, 7) is 12.9. The molecule has 0 aliphatic rings. The van der Waals surface area contributed by atoms with Crippen molar-refractivity contribution in [3.8, 4) is 5.75 Å². The van der Waals surface area contributed by atoms with Gasteiger partial charge in [-0.1, -0.05) is 6.92 Å². The molecule has 3 N–H and O–H groups in total. The first-order chi connectivity index (χ1) is 10.7. The number of hydrogen-bond acceptors (Lipinski definition) is 5. The van der Waals surface area contributed by atoms with Gasteiger partial charge in [-0.2, -0.15) is 0 Å². The molecule has 0 amide bonds. The number of anilines is 1. The van der Waals surface area contributed by atoms with E-state index < -0.39 is 11.6 Å². The number of hydrogen-bond donors (Lipinski definition) is 2. The zero-order valence-electron chi connectivity index (χ0n) is 15.6. The highest BCUT2D eigenvalue weighted by Crippen LogP contribution is 2.27. The third kappa shape index (κ3) is 9.71. The summed E-state index contributed by atoms with van der Waals surface area (Å²) in [5, 5.41) is 7.72. The van der Waals surface area contributed by atoms with Crippen LogP contribution in [0.2, 0.25) is 0 Å². The van der Waals surface area contributed by atoms with Gasteiger partial charge in [-0.05, 0) is 59.7 Å². The number of aliphatic carboxylic acids is 1. The van der Waals surface area contributed by atoms with E-state index in [1.54, 1.807) is 25.1 Å². The minimum absolute atomic E-state index is 0.222. The molecule has 0 radical (unpaired) electrons. The third-order valence-electron chi connectivity index (χ3n) is 2.37. The maximum Gasteiger partial charge on any atom is 0.338 e. The van der Waals surface area contributed by atoms with Crippen LogP contribution in [0.15, 0.2) is 18.2 Å². The molecule has 6 nitrogen and oxygen atoms in total. The van der Waals surface area contributed by atoms with Crippen molar-refractivity contribution in [1.82, 2.24) is 0 Å². The molecule has 0 bridgehead atoms. The smallest absolute Gasteiger partial charge is 0.338 e. The van der Waals surface area contributed by atoms with Crippen molar-refractivity contribution < 1.29 is 24.2 Å². The van der Waals surface area contributed by atoms with Crippen molar-refractivity contribution in [2.24, 2.45) is 0 Å². The molecule has 24 heavy (non-hydrogen) atoms. The second-order valence-corrected chi connectivity index (χ2v) is 7.22. The molecule has 0 aromatic heterocycles. The molecule has 0 fully saturated rings. The van der Waals surface area contributed by atoms with Crippen LogP contribution < -0.4 is 10.5 Å². The number of benzene rings is 1. The Bertz CT molecular complexity index is 568. The fourth-order valence-electron chi connectivity index (χ4n) is 1.42. The number of nitrogen functional groups attached to an aromatic ring is 1. The molecule has 1 aromatic rings. The molecule has 1 aromatic carbocycles. The second-order valence-electron chi connectivity index (χ2n) is 7.22. The molecule has 0 heterocycles. The molecule has 0 saturated heterocycles. The Kier molecular flexibility index (Phi) is 7.77. The van der Waals surface area contributed by atoms with Crippen molar-refractivity contribution in [1.29, 1.82) is 0 Å². The molecule has 0 aliphatic heterocycles. The molecule has 0 spiro atoms. The fraction of sp³-hybridized carbons (Fsp3) is 0.556. The minimum Gasteiger partial charge on any atom is -0.486 e. The Morgan fingerprint density at radius 1 is 1.08 bits per heavy atom. The standard InChI is InChI=1S/C15H23NO3.C3H6O2/c1-14(2,3)18-12-9-10(7-8-11(12)16)13(17)19-15(4,5)6;1-2-3(4)5/h7-9H,16H2,1-6H3;2H2,1H3,(H,4,5). The Morgan fingerprint density at radius 2 is 1.58 bits per heavy atom. The van der Waals surface area contributed by atoms with Crippen LogP contribution in [0, 0.1) is 0 Å². The van der Waals surface area contributed by atoms with E-state index in [2.05, 4.69) is 0 Å². The minimum atomic E-state index is -0.745. The van der Waals surface area contributed by atoms with Gasteiger partial charge in [-0.25, -0.2) is 4.79 Å². The second kappa shape index (κ2) is 8.57. The van der Waals surface area contributed by atoms with Crippen molar-refractivity contribution in [2.45, 2.75) is 66.1 Å². The van der Waals surface area contributed by atoms with Crippen molar-refractivity contribution in [3.63, 3.8) is 0 Å². The summed E-state index contributed by atoms with van der Waals surface area (Å²) in [7, 11) is 0. The summed E-state index contributed by atoms with van der Waals surface area (Å²) in [6, 6.07) is 4.91. The number of carboxylic acids is 1. The lowest BCUT2D eigenvalue weighted by Crippen LogP contribution is -2.25. The predicted octanol–water partition coefficient (Wildman–Crippen LogP) is 3.88. The molecule has 0 saturated carbocycles. The predicted molar refractivity (Wildman–Crippen MR) is 94.3 cm³/mol. The topological polar surface area (TPSA) is 98.9 Å². The molecule has 6 heteroatoms. The highest BCUT2D eigenvalue weighted by Gasteiger charge is 2.20. The maximum absolute atomic E-state index is 12.0. The van der Waals surface area contributed by atoms with Gasteiger partial charge in [-0.15, -0.1) is 0 Å². The van der Waals surface area contributed by atoms with Crippen LogP contribution in [0.1, 0.15) is 65.2 Å². The maximum atomic E-state index is 12.0. The van der Waals surface area contributed by atoms with E-state index in [4.69, 9.17) is 20.3 Å². The van der Waals surface area contributed by atoms with Crippen molar-refractivity contribution in [2.75, 3.05) is 5.73 Å². The van der Waals surface area contributed by atoms with Gasteiger partial charge < -0.3 is 20.3 Å². The van der Waals surface area contributed by atoms with Gasteiger partial charge in [0, 0.05) is 6.42 Å². The number of carbonyl (C=O) groups excluding carboxylic acids is 1. The van der Waals surface area contributed by atoms with Crippen LogP contribution >= 0.6 is 0 Å². The fourth-order valence-corrected chi connectivity index (χ4v) is 1.42. The Labute approximate surface area is 144 Å². The zero-order chi connectivity index (χ0) is 19.1. The van der Waals surface area contributed by atoms with Crippen molar-refractivity contribution in [3.05, 3.63) is 23.8 Å². The lowest BCUT2D eigenvalue weighted by molar-refractivity contribution is -0.136. The van der Waals surface area contributed by atoms with Crippen LogP contribution in [0.3, 0.4) is 0 Å². The summed E-state index contributed by atoms with van der Waals surface area (Å²) in [5.74, 6) is -0.632. The van der Waals surface area contributed by atoms with E-state index in [1.165, 1.54) is 0 Å². The van der Waals surface area contributed by atoms with Gasteiger partial charge >= 0.3 is 11.9 Å². The summed E-state index contributed by atoms with van der Waals surface area (Å²) in [5.41, 5.74) is 5.88. The van der Waals surface area contributed by atoms with Crippen LogP contribution in [0.25, 0.3) is 0 Å². The number of rotatable bonds is 3. The lowest BCUT2D eigenvalue weighted by Gasteiger charge is -2.23. The average molecular weight is 339 g/mol. The van der Waals surface area contributed by atoms with Crippen LogP contribution in [0.5, 0.6) is 5.75 Å². The summed E-state index contributed by atoms with van der Waals surface area (Å²) in [4.78, 5) is 21.3. The first-order valence-corrected chi connectivity index (χ1v) is 7.79. The number of carboxylic acid groups (broad SMARTS) is 1. The molecule has 0 atom stereocenters. The monoisotopic (exact) mass is 339 g/mol. The largest absolute Gasteiger partial charge is 0.486 e. The molecular weight excluding hydrogens is 310 g/mol. The van der Waals surface area contributed by atoms with E-state index in [0.29, 0.717) is 17.0 Å². The Hall–Kier alpha value is -2.24. The first-order valence-electron chi connectivity index (χ1n) is 7.79. The first kappa shape index (κ1) is 21.8. The molecule has 136 valence electrons. The van der Waals surface area contributed by atoms with E-state index in [1.807, 2.05) is 41.5 Å². The van der Waals surface area contributed by atoms with Gasteiger partial charge in [0.05, 0.1) is 11.3 Å². The highest BCUT2D eigenvalue weighted by atomic mass is 16.6. The molecule has 0 unspecified atom stereocenters. The zero-order valence-corrected chi connectivity index (χ0v) is 15.6. The number of nitrogens with two attached hydrogens (primary N) is 1. The van der Waals surface area contributed by atoms with Crippen LogP contribution in [0.4, 0.5) is 5.69 Å². The molecule has 1 rings (SSSR count). The van der Waals surface area contributed by atoms with Gasteiger partial charge in [0.1, 0.15) is 17.0 Å². The molecular formula is C18H29NO5. The van der Waals surface area contributed by atoms with Gasteiger partial charge in [0.25, 0.3) is 0 Å². The Morgan fingerprint density at radius 3 is 1.96 bits per heavy atom. The van der Waals surface area contributed by atoms with Gasteiger partial charge in [-0.3, -0.25) is 4.79 Å². The van der Waals surface area contributed by atoms with Gasteiger partial charge in [0.15, 0.2) is 0 Å². The quantitative estimate of drug-likeness (QED) is 0.640. The lowest BCUT2D eigenvalue weighted by atomic mass is 10.1. The summed E-state index contributed by atoms with van der Waals surface area (Å²) < 4.78 is 11.0. The van der Waals surface area contributed by atoms with E-state index in [9.17, 15) is 9.59 Å². The summed E-state index contributed by atoms with van der Waals surface area (Å²) >= 11 is 0. The SMILES string of the molecule is CC(C)(C)OC(=O)c1ccc(N)c(OC(C)(C)C)c1.CCC(=O)O. The highest BCUT2D eigenvalue weighted by molar-refractivity contribution is 5.91. The van der Waals surface area contributed by atoms with Crippen LogP contribution in [-0.2, 0) is 9.53 Å². The van der Waals surface area contributed by atoms with E-state index in [0.717, 1.165) is 0 Å². The van der Waals surface area contributed by atoms with Crippen LogP contribution in [-0.4, -0.2) is 28.2 Å². The Balaban J connectivity index is 0.000000922. The van der Waals surface area contributed by atoms with E-state index in [-0.39, 0.29) is 18.0 Å². The van der Waals surface area contributed by atoms with E-state index >= 15 is 0 Å². The third-order valence-corrected chi connectivity index (χ3v) is 2.37. The number of carbonyl (C=O) groups is 2. The number of ether oxygens (including phenoxy) is 2. The number of esters is 1. The van der Waals surface area contributed by atoms with Crippen molar-refractivity contribution >= 4 is 17.6 Å². The normalized spacial score (nSPS) is 11.1. The molecule has 0 aliphatic carbocycles. The summed E-state index contributed by atoms with van der Waals surface area (Å²) in [6.07, 6.45) is 0.222. The average Bonchev–Trinajstić information content (AvgIpc) is 2.38. The van der Waals surface area contributed by atoms with Gasteiger partial charge in [0.2, 0.25) is 0 Å².